The van der Waals surface area contributed by atoms with E-state index in [0.29, 0.717) is 10.7 Å². The lowest BCUT2D eigenvalue weighted by Crippen LogP contribution is -2.14. The van der Waals surface area contributed by atoms with Gasteiger partial charge in [0.05, 0.1) is 10.6 Å². The highest BCUT2D eigenvalue weighted by molar-refractivity contribution is 7.15. The molecule has 3 rings (SSSR count). The molecule has 0 bridgehead atoms. The standard InChI is InChI=1S/C13H8FN3O4S/c14-8-1-2-10(17(19)20)11(5-8)21-7-9-6-12(18)16-3-4-22-13(16)15-9/h1-6H,7H2. The molecule has 0 spiro atoms. The molecular formula is C13H8FN3O4S. The molecule has 0 saturated carbocycles. The number of nitrogens with zero attached hydrogens (tertiary/aromatic N) is 3. The molecule has 2 aromatic heterocycles. The molecule has 0 aliphatic rings. The molecule has 3 aromatic rings. The van der Waals surface area contributed by atoms with E-state index >= 15 is 0 Å². The highest BCUT2D eigenvalue weighted by atomic mass is 32.1. The molecule has 0 saturated heterocycles. The molecule has 7 nitrogen and oxygen atoms in total. The van der Waals surface area contributed by atoms with Crippen LogP contribution < -0.4 is 10.3 Å². The van der Waals surface area contributed by atoms with Gasteiger partial charge < -0.3 is 4.74 Å². The summed E-state index contributed by atoms with van der Waals surface area (Å²) in [6.45, 7) is -0.173. The lowest BCUT2D eigenvalue weighted by Gasteiger charge is -2.06. The summed E-state index contributed by atoms with van der Waals surface area (Å²) in [5.41, 5.74) is -0.320. The number of ether oxygens (including phenoxy) is 1. The topological polar surface area (TPSA) is 86.7 Å². The highest BCUT2D eigenvalue weighted by Crippen LogP contribution is 2.28. The quantitative estimate of drug-likeness (QED) is 0.544. The first kappa shape index (κ1) is 14.1. The second kappa shape index (κ2) is 5.53. The number of hydrogen-bond donors (Lipinski definition) is 0. The first-order chi connectivity index (χ1) is 10.5. The number of rotatable bonds is 4. The number of nitro benzene ring substituents is 1. The Morgan fingerprint density at radius 2 is 2.23 bits per heavy atom. The summed E-state index contributed by atoms with van der Waals surface area (Å²) in [6.07, 6.45) is 1.59. The van der Waals surface area contributed by atoms with Crippen molar-refractivity contribution < 1.29 is 14.1 Å². The van der Waals surface area contributed by atoms with Gasteiger partial charge in [-0.3, -0.25) is 19.3 Å². The normalized spacial score (nSPS) is 10.8. The zero-order valence-electron chi connectivity index (χ0n) is 10.9. The Balaban J connectivity index is 1.89. The Morgan fingerprint density at radius 1 is 1.41 bits per heavy atom. The maximum absolute atomic E-state index is 13.2. The maximum Gasteiger partial charge on any atom is 0.311 e. The maximum atomic E-state index is 13.2. The van der Waals surface area contributed by atoms with E-state index in [0.717, 1.165) is 18.2 Å². The molecule has 0 aliphatic heterocycles. The van der Waals surface area contributed by atoms with Crippen LogP contribution in [0.15, 0.2) is 40.6 Å². The van der Waals surface area contributed by atoms with Gasteiger partial charge in [-0.2, -0.15) is 0 Å². The molecule has 0 amide bonds. The summed E-state index contributed by atoms with van der Waals surface area (Å²) in [7, 11) is 0. The molecular weight excluding hydrogens is 313 g/mol. The molecule has 2 heterocycles. The zero-order valence-corrected chi connectivity index (χ0v) is 11.7. The van der Waals surface area contributed by atoms with E-state index in [1.54, 1.807) is 11.6 Å². The number of halogens is 1. The second-order valence-electron chi connectivity index (χ2n) is 4.30. The van der Waals surface area contributed by atoms with Gasteiger partial charge in [-0.1, -0.05) is 0 Å². The molecule has 9 heteroatoms. The lowest BCUT2D eigenvalue weighted by atomic mass is 10.3. The van der Waals surface area contributed by atoms with Crippen LogP contribution in [0.2, 0.25) is 0 Å². The fourth-order valence-electron chi connectivity index (χ4n) is 1.87. The SMILES string of the molecule is O=c1cc(COc2cc(F)ccc2[N+](=O)[O-])nc2sccn12. The van der Waals surface area contributed by atoms with Crippen LogP contribution in [0.25, 0.3) is 4.96 Å². The largest absolute Gasteiger partial charge is 0.480 e. The van der Waals surface area contributed by atoms with Crippen molar-refractivity contribution in [3.05, 3.63) is 67.8 Å². The van der Waals surface area contributed by atoms with Crippen LogP contribution in [-0.2, 0) is 6.61 Å². The molecule has 0 fully saturated rings. The first-order valence-electron chi connectivity index (χ1n) is 6.07. The van der Waals surface area contributed by atoms with Crippen molar-refractivity contribution in [1.29, 1.82) is 0 Å². The van der Waals surface area contributed by atoms with Gasteiger partial charge in [-0.05, 0) is 6.07 Å². The third-order valence-corrected chi connectivity index (χ3v) is 3.61. The van der Waals surface area contributed by atoms with Crippen LogP contribution >= 0.6 is 11.3 Å². The first-order valence-corrected chi connectivity index (χ1v) is 6.95. The number of fused-ring (bicyclic) bond motifs is 1. The molecule has 1 aromatic carbocycles. The minimum Gasteiger partial charge on any atom is -0.480 e. The van der Waals surface area contributed by atoms with Crippen molar-refractivity contribution in [2.75, 3.05) is 0 Å². The van der Waals surface area contributed by atoms with E-state index in [2.05, 4.69) is 4.98 Å². The van der Waals surface area contributed by atoms with E-state index in [-0.39, 0.29) is 23.6 Å². The Labute approximate surface area is 126 Å². The fraction of sp³-hybridized carbons (Fsp3) is 0.0769. The van der Waals surface area contributed by atoms with Gasteiger partial charge in [0.2, 0.25) is 0 Å². The van der Waals surface area contributed by atoms with Crippen molar-refractivity contribution in [3.8, 4) is 5.75 Å². The Hall–Kier alpha value is -2.81. The highest BCUT2D eigenvalue weighted by Gasteiger charge is 2.16. The number of nitro groups is 1. The molecule has 0 atom stereocenters. The van der Waals surface area contributed by atoms with E-state index in [1.807, 2.05) is 0 Å². The Bertz CT molecular complexity index is 921. The van der Waals surface area contributed by atoms with Gasteiger partial charge in [-0.15, -0.1) is 11.3 Å². The summed E-state index contributed by atoms with van der Waals surface area (Å²) in [6, 6.07) is 4.20. The van der Waals surface area contributed by atoms with Gasteiger partial charge in [0, 0.05) is 29.8 Å². The average molecular weight is 321 g/mol. The second-order valence-corrected chi connectivity index (χ2v) is 5.17. The van der Waals surface area contributed by atoms with Crippen molar-refractivity contribution in [2.45, 2.75) is 6.61 Å². The molecule has 0 unspecified atom stereocenters. The summed E-state index contributed by atoms with van der Waals surface area (Å²) >= 11 is 1.28. The van der Waals surface area contributed by atoms with Crippen molar-refractivity contribution in [1.82, 2.24) is 9.38 Å². The summed E-state index contributed by atoms with van der Waals surface area (Å²) in [5.74, 6) is -0.861. The molecule has 112 valence electrons. The number of thiazole rings is 1. The van der Waals surface area contributed by atoms with Crippen LogP contribution in [0, 0.1) is 15.9 Å². The van der Waals surface area contributed by atoms with Gasteiger partial charge in [0.15, 0.2) is 10.7 Å². The van der Waals surface area contributed by atoms with E-state index in [9.17, 15) is 19.3 Å². The number of hydrogen-bond acceptors (Lipinski definition) is 6. The summed E-state index contributed by atoms with van der Waals surface area (Å²) in [5, 5.41) is 12.6. The predicted octanol–water partition coefficient (Wildman–Crippen LogP) is 2.38. The minimum absolute atomic E-state index is 0.173. The van der Waals surface area contributed by atoms with Crippen molar-refractivity contribution >= 4 is 22.0 Å². The smallest absolute Gasteiger partial charge is 0.311 e. The Morgan fingerprint density at radius 3 is 3.00 bits per heavy atom. The van der Waals surface area contributed by atoms with E-state index < -0.39 is 10.7 Å². The van der Waals surface area contributed by atoms with Crippen LogP contribution in [-0.4, -0.2) is 14.3 Å². The number of aromatic nitrogens is 2. The molecule has 22 heavy (non-hydrogen) atoms. The fourth-order valence-corrected chi connectivity index (χ4v) is 2.61. The van der Waals surface area contributed by atoms with Crippen LogP contribution in [0.4, 0.5) is 10.1 Å². The molecule has 0 radical (unpaired) electrons. The third-order valence-electron chi connectivity index (χ3n) is 2.85. The zero-order chi connectivity index (χ0) is 15.7. The van der Waals surface area contributed by atoms with Crippen molar-refractivity contribution in [2.24, 2.45) is 0 Å². The summed E-state index contributed by atoms with van der Waals surface area (Å²) < 4.78 is 19.8. The van der Waals surface area contributed by atoms with Crippen LogP contribution in [0.5, 0.6) is 5.75 Å². The molecule has 0 aliphatic carbocycles. The monoisotopic (exact) mass is 321 g/mol. The Kier molecular flexibility index (Phi) is 3.55. The third kappa shape index (κ3) is 2.66. The average Bonchev–Trinajstić information content (AvgIpc) is 2.94. The van der Waals surface area contributed by atoms with E-state index in [4.69, 9.17) is 4.74 Å². The van der Waals surface area contributed by atoms with Crippen LogP contribution in [0.3, 0.4) is 0 Å². The molecule has 0 N–H and O–H groups in total. The van der Waals surface area contributed by atoms with Crippen LogP contribution in [0.1, 0.15) is 5.69 Å². The van der Waals surface area contributed by atoms with Gasteiger partial charge in [0.25, 0.3) is 5.56 Å². The minimum atomic E-state index is -0.667. The van der Waals surface area contributed by atoms with Crippen molar-refractivity contribution in [3.63, 3.8) is 0 Å². The van der Waals surface area contributed by atoms with Gasteiger partial charge in [0.1, 0.15) is 12.4 Å². The van der Waals surface area contributed by atoms with E-state index in [1.165, 1.54) is 21.8 Å². The predicted molar refractivity (Wildman–Crippen MR) is 76.7 cm³/mol. The van der Waals surface area contributed by atoms with Gasteiger partial charge >= 0.3 is 5.69 Å². The summed E-state index contributed by atoms with van der Waals surface area (Å²) in [4.78, 5) is 26.7. The lowest BCUT2D eigenvalue weighted by molar-refractivity contribution is -0.386. The number of benzene rings is 1. The van der Waals surface area contributed by atoms with Gasteiger partial charge in [-0.25, -0.2) is 9.37 Å².